The van der Waals surface area contributed by atoms with Crippen molar-refractivity contribution in [2.24, 2.45) is 0 Å². The van der Waals surface area contributed by atoms with E-state index in [1.165, 1.54) is 0 Å². The van der Waals surface area contributed by atoms with Crippen molar-refractivity contribution in [3.05, 3.63) is 83.7 Å². The van der Waals surface area contributed by atoms with Crippen LogP contribution in [0.2, 0.25) is 0 Å². The van der Waals surface area contributed by atoms with Crippen molar-refractivity contribution < 1.29 is 19.1 Å². The number of hydrogen-bond acceptors (Lipinski definition) is 5. The summed E-state index contributed by atoms with van der Waals surface area (Å²) in [7, 11) is 1.56. The van der Waals surface area contributed by atoms with E-state index in [1.807, 2.05) is 31.2 Å². The van der Waals surface area contributed by atoms with Gasteiger partial charge in [-0.05, 0) is 25.1 Å². The summed E-state index contributed by atoms with van der Waals surface area (Å²) in [5.41, 5.74) is 3.20. The molecule has 0 unspecified atom stereocenters. The summed E-state index contributed by atoms with van der Waals surface area (Å²) in [5.74, 6) is 0.778. The van der Waals surface area contributed by atoms with Crippen molar-refractivity contribution in [1.82, 2.24) is 4.98 Å². The molecule has 3 aromatic rings. The lowest BCUT2D eigenvalue weighted by molar-refractivity contribution is -0.116. The Morgan fingerprint density at radius 2 is 1.80 bits per heavy atom. The topological polar surface area (TPSA) is 77.5 Å². The van der Waals surface area contributed by atoms with Gasteiger partial charge in [-0.25, -0.2) is 0 Å². The number of aryl methyl sites for hydroxylation is 1. The van der Waals surface area contributed by atoms with Gasteiger partial charge in [0.25, 0.3) is 0 Å². The van der Waals surface area contributed by atoms with Crippen molar-refractivity contribution in [3.8, 4) is 11.5 Å². The summed E-state index contributed by atoms with van der Waals surface area (Å²) in [6.45, 7) is 2.29. The first-order valence-corrected chi connectivity index (χ1v) is 9.64. The van der Waals surface area contributed by atoms with Gasteiger partial charge in [-0.15, -0.1) is 0 Å². The van der Waals surface area contributed by atoms with Crippen LogP contribution in [-0.2, 0) is 11.4 Å². The lowest BCUT2D eigenvalue weighted by atomic mass is 10.0. The zero-order valence-electron chi connectivity index (χ0n) is 17.1. The number of Topliss-reactive ketones (excluding diaryl/α,β-unsaturated/α-hetero) is 1. The fourth-order valence-corrected chi connectivity index (χ4v) is 2.85. The predicted molar refractivity (Wildman–Crippen MR) is 115 cm³/mol. The van der Waals surface area contributed by atoms with Crippen LogP contribution in [-0.4, -0.2) is 23.8 Å². The number of hydrogen-bond donors (Lipinski definition) is 1. The van der Waals surface area contributed by atoms with Crippen molar-refractivity contribution in [1.29, 1.82) is 0 Å². The molecule has 2 aromatic carbocycles. The minimum absolute atomic E-state index is 0.0552. The number of ketones is 1. The molecule has 0 aliphatic rings. The number of nitrogens with one attached hydrogen (secondary N) is 1. The molecule has 0 radical (unpaired) electrons. The second-order valence-corrected chi connectivity index (χ2v) is 6.85. The monoisotopic (exact) mass is 404 g/mol. The van der Waals surface area contributed by atoms with Crippen LogP contribution in [0.5, 0.6) is 11.5 Å². The summed E-state index contributed by atoms with van der Waals surface area (Å²) in [6, 6.07) is 16.3. The molecule has 0 saturated carbocycles. The first kappa shape index (κ1) is 21.0. The molecular formula is C24H24N2O4. The number of rotatable bonds is 9. The van der Waals surface area contributed by atoms with Crippen LogP contribution >= 0.6 is 0 Å². The van der Waals surface area contributed by atoms with Crippen molar-refractivity contribution in [3.63, 3.8) is 0 Å². The first-order chi connectivity index (χ1) is 14.5. The third-order valence-corrected chi connectivity index (χ3v) is 4.52. The molecule has 1 aromatic heterocycles. The van der Waals surface area contributed by atoms with Crippen LogP contribution in [0, 0.1) is 6.92 Å². The molecule has 0 bridgehead atoms. The second kappa shape index (κ2) is 10.2. The van der Waals surface area contributed by atoms with Gasteiger partial charge in [0.15, 0.2) is 17.3 Å². The third kappa shape index (κ3) is 5.91. The van der Waals surface area contributed by atoms with E-state index < -0.39 is 0 Å². The van der Waals surface area contributed by atoms with Gasteiger partial charge in [-0.3, -0.25) is 14.6 Å². The Morgan fingerprint density at radius 1 is 1.00 bits per heavy atom. The highest BCUT2D eigenvalue weighted by molar-refractivity contribution is 6.00. The Bertz CT molecular complexity index is 1000. The average Bonchev–Trinajstić information content (AvgIpc) is 2.77. The van der Waals surface area contributed by atoms with Gasteiger partial charge in [0.05, 0.1) is 7.11 Å². The number of pyridine rings is 1. The molecule has 30 heavy (non-hydrogen) atoms. The van der Waals surface area contributed by atoms with E-state index in [1.54, 1.807) is 49.8 Å². The largest absolute Gasteiger partial charge is 0.493 e. The van der Waals surface area contributed by atoms with Gasteiger partial charge >= 0.3 is 0 Å². The van der Waals surface area contributed by atoms with Crippen molar-refractivity contribution >= 4 is 17.4 Å². The first-order valence-electron chi connectivity index (χ1n) is 9.64. The van der Waals surface area contributed by atoms with Gasteiger partial charge in [0.2, 0.25) is 5.91 Å². The Balaban J connectivity index is 1.57. The highest BCUT2D eigenvalue weighted by Crippen LogP contribution is 2.31. The van der Waals surface area contributed by atoms with Crippen molar-refractivity contribution in [2.75, 3.05) is 12.4 Å². The number of ether oxygens (including phenoxy) is 2. The van der Waals surface area contributed by atoms with E-state index in [9.17, 15) is 9.59 Å². The summed E-state index contributed by atoms with van der Waals surface area (Å²) in [4.78, 5) is 28.6. The Labute approximate surface area is 175 Å². The van der Waals surface area contributed by atoms with Crippen LogP contribution in [0.1, 0.15) is 34.3 Å². The number of nitrogens with zero attached hydrogens (tertiary/aromatic N) is 1. The smallest absolute Gasteiger partial charge is 0.224 e. The molecule has 1 amide bonds. The number of carbonyl (C=O) groups is 2. The third-order valence-electron chi connectivity index (χ3n) is 4.52. The van der Waals surface area contributed by atoms with E-state index in [0.717, 1.165) is 11.1 Å². The minimum Gasteiger partial charge on any atom is -0.493 e. The summed E-state index contributed by atoms with van der Waals surface area (Å²) >= 11 is 0. The maximum atomic E-state index is 12.3. The predicted octanol–water partition coefficient (Wildman–Crippen LogP) is 4.58. The molecule has 0 saturated heterocycles. The quantitative estimate of drug-likeness (QED) is 0.528. The highest BCUT2D eigenvalue weighted by atomic mass is 16.5. The molecule has 0 atom stereocenters. The number of methoxy groups -OCH3 is 1. The molecule has 3 rings (SSSR count). The number of carbonyl (C=O) groups excluding carboxylic acids is 2. The van der Waals surface area contributed by atoms with Crippen LogP contribution in [0.25, 0.3) is 0 Å². The fraction of sp³-hybridized carbons (Fsp3) is 0.208. The zero-order chi connectivity index (χ0) is 21.3. The zero-order valence-corrected chi connectivity index (χ0v) is 17.1. The lowest BCUT2D eigenvalue weighted by Crippen LogP contribution is -2.13. The summed E-state index contributed by atoms with van der Waals surface area (Å²) in [6.07, 6.45) is 3.67. The van der Waals surface area contributed by atoms with Crippen LogP contribution in [0.15, 0.2) is 67.0 Å². The molecular weight excluding hydrogens is 380 g/mol. The molecule has 6 heteroatoms. The summed E-state index contributed by atoms with van der Waals surface area (Å²) in [5, 5.41) is 2.81. The molecule has 0 aliphatic carbocycles. The van der Waals surface area contributed by atoms with Crippen LogP contribution in [0.4, 0.5) is 5.69 Å². The number of anilines is 1. The van der Waals surface area contributed by atoms with E-state index in [0.29, 0.717) is 29.4 Å². The number of amides is 1. The van der Waals surface area contributed by atoms with Crippen LogP contribution < -0.4 is 14.8 Å². The standard InChI is InChI=1S/C24H24N2O4/c1-17-5-7-19(8-6-17)21(27)10-12-24(28)26-20-9-11-22(29-2)23(14-20)30-16-18-4-3-13-25-15-18/h3-9,11,13-15H,10,12,16H2,1-2H3,(H,26,28). The van der Waals surface area contributed by atoms with Crippen molar-refractivity contribution in [2.45, 2.75) is 26.4 Å². The molecule has 0 aliphatic heterocycles. The van der Waals surface area contributed by atoms with E-state index in [4.69, 9.17) is 9.47 Å². The van der Waals surface area contributed by atoms with Gasteiger partial charge in [-0.2, -0.15) is 0 Å². The Hall–Kier alpha value is -3.67. The fourth-order valence-electron chi connectivity index (χ4n) is 2.85. The lowest BCUT2D eigenvalue weighted by Gasteiger charge is -2.13. The average molecular weight is 404 g/mol. The van der Waals surface area contributed by atoms with E-state index in [-0.39, 0.29) is 24.5 Å². The number of benzene rings is 2. The maximum absolute atomic E-state index is 12.3. The second-order valence-electron chi connectivity index (χ2n) is 6.85. The Kier molecular flexibility index (Phi) is 7.16. The summed E-state index contributed by atoms with van der Waals surface area (Å²) < 4.78 is 11.2. The minimum atomic E-state index is -0.237. The molecule has 0 fully saturated rings. The van der Waals surface area contributed by atoms with E-state index in [2.05, 4.69) is 10.3 Å². The normalized spacial score (nSPS) is 10.3. The van der Waals surface area contributed by atoms with Gasteiger partial charge in [-0.1, -0.05) is 35.9 Å². The van der Waals surface area contributed by atoms with Gasteiger partial charge in [0.1, 0.15) is 6.61 Å². The molecule has 0 spiro atoms. The highest BCUT2D eigenvalue weighted by Gasteiger charge is 2.12. The van der Waals surface area contributed by atoms with E-state index >= 15 is 0 Å². The molecule has 6 nitrogen and oxygen atoms in total. The van der Waals surface area contributed by atoms with Gasteiger partial charge in [0, 0.05) is 48.1 Å². The van der Waals surface area contributed by atoms with Crippen LogP contribution in [0.3, 0.4) is 0 Å². The molecule has 154 valence electrons. The number of aromatic nitrogens is 1. The van der Waals surface area contributed by atoms with Gasteiger partial charge < -0.3 is 14.8 Å². The molecule has 1 N–H and O–H groups in total. The SMILES string of the molecule is COc1ccc(NC(=O)CCC(=O)c2ccc(C)cc2)cc1OCc1cccnc1. The maximum Gasteiger partial charge on any atom is 0.224 e. The molecule has 1 heterocycles. The Morgan fingerprint density at radius 3 is 2.50 bits per heavy atom.